The molecule has 6 heteroatoms. The first-order valence-corrected chi connectivity index (χ1v) is 10.6. The highest BCUT2D eigenvalue weighted by atomic mass is 16.2. The van der Waals surface area contributed by atoms with Crippen molar-refractivity contribution in [1.29, 1.82) is 0 Å². The molecule has 0 bridgehead atoms. The van der Waals surface area contributed by atoms with Gasteiger partial charge in [0.25, 0.3) is 5.56 Å². The van der Waals surface area contributed by atoms with E-state index in [9.17, 15) is 9.59 Å². The number of hydrogen-bond acceptors (Lipinski definition) is 4. The molecule has 0 saturated carbocycles. The molecule has 156 valence electrons. The standard InChI is InChI=1S/C24H28N4O2/c1-17-11-12-21(18(2)15-17)25-22(29)16-28-24(30)20-10-6-5-9-19(20)23(26-28)27-13-7-3-4-8-14-27/h5-6,9-12,15H,3-4,7-8,13-14,16H2,1-2H3,(H,25,29). The Kier molecular flexibility index (Phi) is 5.84. The average Bonchev–Trinajstić information content (AvgIpc) is 3.02. The predicted octanol–water partition coefficient (Wildman–Crippen LogP) is 4.03. The van der Waals surface area contributed by atoms with E-state index < -0.39 is 0 Å². The quantitative estimate of drug-likeness (QED) is 0.713. The Labute approximate surface area is 176 Å². The average molecular weight is 405 g/mol. The molecule has 0 unspecified atom stereocenters. The molecule has 0 aliphatic carbocycles. The number of carbonyl (C=O) groups is 1. The van der Waals surface area contributed by atoms with Crippen LogP contribution in [0.1, 0.15) is 36.8 Å². The lowest BCUT2D eigenvalue weighted by Gasteiger charge is -2.23. The SMILES string of the molecule is Cc1ccc(NC(=O)Cn2nc(N3CCCCCC3)c3ccccc3c2=O)c(C)c1. The number of amides is 1. The van der Waals surface area contributed by atoms with E-state index in [0.717, 1.165) is 53.9 Å². The minimum absolute atomic E-state index is 0.113. The fraction of sp³-hybridized carbons (Fsp3) is 0.375. The Balaban J connectivity index is 1.67. The third-order valence-electron chi connectivity index (χ3n) is 5.70. The summed E-state index contributed by atoms with van der Waals surface area (Å²) in [7, 11) is 0. The largest absolute Gasteiger partial charge is 0.355 e. The summed E-state index contributed by atoms with van der Waals surface area (Å²) in [5.74, 6) is 0.542. The second-order valence-corrected chi connectivity index (χ2v) is 8.10. The minimum Gasteiger partial charge on any atom is -0.355 e. The highest BCUT2D eigenvalue weighted by Crippen LogP contribution is 2.24. The van der Waals surface area contributed by atoms with Crippen LogP contribution in [-0.4, -0.2) is 28.8 Å². The van der Waals surface area contributed by atoms with Gasteiger partial charge in [-0.05, 0) is 44.4 Å². The summed E-state index contributed by atoms with van der Waals surface area (Å²) in [5.41, 5.74) is 2.65. The Hall–Kier alpha value is -3.15. The van der Waals surface area contributed by atoms with E-state index in [1.807, 2.05) is 56.3 Å². The van der Waals surface area contributed by atoms with E-state index in [4.69, 9.17) is 0 Å². The molecule has 1 aromatic heterocycles. The van der Waals surface area contributed by atoms with Crippen molar-refractivity contribution in [1.82, 2.24) is 9.78 Å². The van der Waals surface area contributed by atoms with Crippen molar-refractivity contribution in [3.05, 3.63) is 63.9 Å². The highest BCUT2D eigenvalue weighted by molar-refractivity contribution is 5.93. The van der Waals surface area contributed by atoms with Crippen molar-refractivity contribution in [2.45, 2.75) is 46.1 Å². The number of carbonyl (C=O) groups excluding carboxylic acids is 1. The molecule has 3 aromatic rings. The normalized spacial score (nSPS) is 14.5. The van der Waals surface area contributed by atoms with Gasteiger partial charge in [0, 0.05) is 24.2 Å². The van der Waals surface area contributed by atoms with Crippen LogP contribution in [-0.2, 0) is 11.3 Å². The molecule has 1 saturated heterocycles. The van der Waals surface area contributed by atoms with Gasteiger partial charge in [0.05, 0.1) is 5.39 Å². The Bertz CT molecular complexity index is 1130. The highest BCUT2D eigenvalue weighted by Gasteiger charge is 2.18. The first kappa shape index (κ1) is 20.1. The Morgan fingerprint density at radius 2 is 1.70 bits per heavy atom. The van der Waals surface area contributed by atoms with Crippen LogP contribution in [0.4, 0.5) is 11.5 Å². The first-order chi connectivity index (χ1) is 14.5. The molecule has 6 nitrogen and oxygen atoms in total. The number of rotatable bonds is 4. The number of nitrogens with zero attached hydrogens (tertiary/aromatic N) is 3. The van der Waals surface area contributed by atoms with Crippen molar-refractivity contribution in [2.75, 3.05) is 23.3 Å². The maximum absolute atomic E-state index is 13.0. The van der Waals surface area contributed by atoms with Gasteiger partial charge in [0.15, 0.2) is 5.82 Å². The number of anilines is 2. The van der Waals surface area contributed by atoms with Crippen molar-refractivity contribution >= 4 is 28.2 Å². The number of benzene rings is 2. The molecular weight excluding hydrogens is 376 g/mol. The van der Waals surface area contributed by atoms with Crippen LogP contribution >= 0.6 is 0 Å². The number of aryl methyl sites for hydroxylation is 2. The van der Waals surface area contributed by atoms with Gasteiger partial charge in [0.1, 0.15) is 6.54 Å². The molecule has 0 spiro atoms. The molecule has 0 atom stereocenters. The summed E-state index contributed by atoms with van der Waals surface area (Å²) in [4.78, 5) is 28.0. The zero-order valence-electron chi connectivity index (χ0n) is 17.6. The molecule has 1 aliphatic rings. The van der Waals surface area contributed by atoms with Crippen LogP contribution in [0.25, 0.3) is 10.8 Å². The molecule has 1 amide bonds. The maximum atomic E-state index is 13.0. The maximum Gasteiger partial charge on any atom is 0.275 e. The summed E-state index contributed by atoms with van der Waals surface area (Å²) in [5, 5.41) is 9.03. The summed E-state index contributed by atoms with van der Waals surface area (Å²) in [6, 6.07) is 13.4. The van der Waals surface area contributed by atoms with E-state index in [1.54, 1.807) is 0 Å². The van der Waals surface area contributed by atoms with Crippen LogP contribution in [0, 0.1) is 13.8 Å². The van der Waals surface area contributed by atoms with E-state index in [0.29, 0.717) is 5.39 Å². The second-order valence-electron chi connectivity index (χ2n) is 8.10. The number of hydrogen-bond donors (Lipinski definition) is 1. The number of fused-ring (bicyclic) bond motifs is 1. The topological polar surface area (TPSA) is 67.2 Å². The van der Waals surface area contributed by atoms with E-state index in [1.165, 1.54) is 17.5 Å². The minimum atomic E-state index is -0.256. The lowest BCUT2D eigenvalue weighted by Crippen LogP contribution is -2.33. The molecule has 4 rings (SSSR count). The molecule has 2 aromatic carbocycles. The van der Waals surface area contributed by atoms with Gasteiger partial charge in [-0.15, -0.1) is 0 Å². The van der Waals surface area contributed by atoms with Crippen LogP contribution in [0.15, 0.2) is 47.3 Å². The van der Waals surface area contributed by atoms with Gasteiger partial charge in [-0.2, -0.15) is 5.10 Å². The fourth-order valence-corrected chi connectivity index (χ4v) is 4.12. The number of aromatic nitrogens is 2. The van der Waals surface area contributed by atoms with Crippen molar-refractivity contribution in [2.24, 2.45) is 0 Å². The monoisotopic (exact) mass is 404 g/mol. The van der Waals surface area contributed by atoms with Crippen LogP contribution < -0.4 is 15.8 Å². The second kappa shape index (κ2) is 8.69. The van der Waals surface area contributed by atoms with Crippen molar-refractivity contribution in [3.8, 4) is 0 Å². The van der Waals surface area contributed by atoms with Gasteiger partial charge < -0.3 is 10.2 Å². The summed E-state index contributed by atoms with van der Waals surface area (Å²) in [6.07, 6.45) is 4.66. The first-order valence-electron chi connectivity index (χ1n) is 10.6. The van der Waals surface area contributed by atoms with Crippen LogP contribution in [0.5, 0.6) is 0 Å². The Morgan fingerprint density at radius 3 is 2.40 bits per heavy atom. The third kappa shape index (κ3) is 4.22. The van der Waals surface area contributed by atoms with Gasteiger partial charge in [-0.25, -0.2) is 4.68 Å². The summed E-state index contributed by atoms with van der Waals surface area (Å²) < 4.78 is 1.31. The van der Waals surface area contributed by atoms with Gasteiger partial charge in [-0.1, -0.05) is 48.7 Å². The van der Waals surface area contributed by atoms with Crippen molar-refractivity contribution in [3.63, 3.8) is 0 Å². The molecule has 30 heavy (non-hydrogen) atoms. The zero-order chi connectivity index (χ0) is 21.1. The summed E-state index contributed by atoms with van der Waals surface area (Å²) in [6.45, 7) is 5.70. The molecule has 1 N–H and O–H groups in total. The van der Waals surface area contributed by atoms with Gasteiger partial charge >= 0.3 is 0 Å². The molecule has 0 radical (unpaired) electrons. The lowest BCUT2D eigenvalue weighted by atomic mass is 10.1. The fourth-order valence-electron chi connectivity index (χ4n) is 4.12. The molecule has 1 fully saturated rings. The van der Waals surface area contributed by atoms with Crippen LogP contribution in [0.3, 0.4) is 0 Å². The van der Waals surface area contributed by atoms with E-state index >= 15 is 0 Å². The molecule has 2 heterocycles. The summed E-state index contributed by atoms with van der Waals surface area (Å²) >= 11 is 0. The van der Waals surface area contributed by atoms with Crippen molar-refractivity contribution < 1.29 is 4.79 Å². The van der Waals surface area contributed by atoms with E-state index in [-0.39, 0.29) is 18.0 Å². The smallest absolute Gasteiger partial charge is 0.275 e. The molecular formula is C24H28N4O2. The van der Waals surface area contributed by atoms with Crippen LogP contribution in [0.2, 0.25) is 0 Å². The zero-order valence-corrected chi connectivity index (χ0v) is 17.6. The van der Waals surface area contributed by atoms with E-state index in [2.05, 4.69) is 15.3 Å². The number of nitrogens with one attached hydrogen (secondary N) is 1. The lowest BCUT2D eigenvalue weighted by molar-refractivity contribution is -0.117. The third-order valence-corrected chi connectivity index (χ3v) is 5.70. The predicted molar refractivity (Wildman–Crippen MR) is 121 cm³/mol. The Morgan fingerprint density at radius 1 is 1.00 bits per heavy atom. The van der Waals surface area contributed by atoms with Gasteiger partial charge in [-0.3, -0.25) is 9.59 Å². The molecule has 1 aliphatic heterocycles. The van der Waals surface area contributed by atoms with Gasteiger partial charge in [0.2, 0.25) is 5.91 Å².